The van der Waals surface area contributed by atoms with Crippen LogP contribution < -0.4 is 0 Å². The first-order chi connectivity index (χ1) is 18.1. The first-order valence-corrected chi connectivity index (χ1v) is 15.5. The van der Waals surface area contributed by atoms with E-state index in [2.05, 4.69) is 52.0 Å². The zero-order chi connectivity index (χ0) is 27.4. The van der Waals surface area contributed by atoms with Gasteiger partial charge in [0.15, 0.2) is 0 Å². The summed E-state index contributed by atoms with van der Waals surface area (Å²) in [5, 5.41) is 20.2. The maximum absolute atomic E-state index is 10.1. The van der Waals surface area contributed by atoms with Gasteiger partial charge in [-0.1, -0.05) is 90.5 Å². The van der Waals surface area contributed by atoms with E-state index in [1.807, 2.05) is 0 Å². The van der Waals surface area contributed by atoms with Gasteiger partial charge >= 0.3 is 0 Å². The molecule has 37 heavy (non-hydrogen) atoms. The smallest absolute Gasteiger partial charge is 0.149 e. The Morgan fingerprint density at radius 2 is 0.946 bits per heavy atom. The molecule has 5 heteroatoms. The van der Waals surface area contributed by atoms with Gasteiger partial charge in [-0.25, -0.2) is 0 Å². The van der Waals surface area contributed by atoms with Gasteiger partial charge in [-0.3, -0.25) is 0 Å². The van der Waals surface area contributed by atoms with Gasteiger partial charge in [-0.15, -0.1) is 0 Å². The van der Waals surface area contributed by atoms with Gasteiger partial charge in [0, 0.05) is 13.2 Å². The third-order valence-corrected chi connectivity index (χ3v) is 6.85. The van der Waals surface area contributed by atoms with Crippen LogP contribution in [0.5, 0.6) is 0 Å². The van der Waals surface area contributed by atoms with E-state index in [4.69, 9.17) is 14.2 Å². The number of rotatable bonds is 28. The monoisotopic (exact) mass is 526 g/mol. The van der Waals surface area contributed by atoms with Crippen LogP contribution in [-0.2, 0) is 14.2 Å². The predicted molar refractivity (Wildman–Crippen MR) is 157 cm³/mol. The molecule has 0 bridgehead atoms. The van der Waals surface area contributed by atoms with Crippen molar-refractivity contribution in [3.8, 4) is 0 Å². The fraction of sp³-hybridized carbons (Fsp3) is 0.875. The molecule has 0 aromatic heterocycles. The molecule has 0 aliphatic heterocycles. The summed E-state index contributed by atoms with van der Waals surface area (Å²) in [6.45, 7) is 10.5. The van der Waals surface area contributed by atoms with E-state index in [-0.39, 0.29) is 25.8 Å². The molecule has 0 saturated heterocycles. The highest BCUT2D eigenvalue weighted by Gasteiger charge is 2.11. The van der Waals surface area contributed by atoms with Gasteiger partial charge < -0.3 is 24.4 Å². The summed E-state index contributed by atoms with van der Waals surface area (Å²) in [7, 11) is 0. The Morgan fingerprint density at radius 1 is 0.514 bits per heavy atom. The summed E-state index contributed by atoms with van der Waals surface area (Å²) in [5.74, 6) is 0.885. The lowest BCUT2D eigenvalue weighted by atomic mass is 9.95. The lowest BCUT2D eigenvalue weighted by molar-refractivity contribution is -0.133. The molecule has 2 N–H and O–H groups in total. The van der Waals surface area contributed by atoms with Crippen molar-refractivity contribution in [1.29, 1.82) is 0 Å². The molecule has 0 aliphatic rings. The van der Waals surface area contributed by atoms with Gasteiger partial charge in [0.05, 0.1) is 12.2 Å². The molecule has 0 saturated carbocycles. The van der Waals surface area contributed by atoms with E-state index in [1.165, 1.54) is 25.7 Å². The lowest BCUT2D eigenvalue weighted by Crippen LogP contribution is -2.12. The molecular formula is C32H62O5. The molecule has 0 heterocycles. The van der Waals surface area contributed by atoms with Crippen LogP contribution in [0.3, 0.4) is 0 Å². The summed E-state index contributed by atoms with van der Waals surface area (Å²) < 4.78 is 16.9. The van der Waals surface area contributed by atoms with Crippen molar-refractivity contribution in [2.75, 3.05) is 26.8 Å². The molecule has 0 aromatic rings. The number of hydrogen-bond donors (Lipinski definition) is 2. The summed E-state index contributed by atoms with van der Waals surface area (Å²) in [6, 6.07) is 0. The third kappa shape index (κ3) is 25.3. The molecule has 0 radical (unpaired) electrons. The van der Waals surface area contributed by atoms with Gasteiger partial charge in [-0.2, -0.15) is 0 Å². The number of unbranched alkanes of at least 4 members (excludes halogenated alkanes) is 4. The molecule has 4 atom stereocenters. The van der Waals surface area contributed by atoms with Gasteiger partial charge in [0.1, 0.15) is 13.6 Å². The molecular weight excluding hydrogens is 464 g/mol. The highest BCUT2D eigenvalue weighted by Crippen LogP contribution is 2.19. The van der Waals surface area contributed by atoms with Crippen LogP contribution in [0.4, 0.5) is 0 Å². The molecule has 5 nitrogen and oxygen atoms in total. The molecule has 0 rings (SSSR count). The van der Waals surface area contributed by atoms with E-state index >= 15 is 0 Å². The largest absolute Gasteiger partial charge is 0.393 e. The van der Waals surface area contributed by atoms with Gasteiger partial charge in [0.2, 0.25) is 0 Å². The van der Waals surface area contributed by atoms with E-state index < -0.39 is 0 Å². The number of hydrogen-bond acceptors (Lipinski definition) is 5. The highest BCUT2D eigenvalue weighted by molar-refractivity contribution is 4.89. The summed E-state index contributed by atoms with van der Waals surface area (Å²) >= 11 is 0. The Hall–Kier alpha value is -0.720. The van der Waals surface area contributed by atoms with Crippen molar-refractivity contribution in [3.05, 3.63) is 24.3 Å². The second kappa shape index (κ2) is 28.3. The van der Waals surface area contributed by atoms with Crippen molar-refractivity contribution >= 4 is 0 Å². The Bertz CT molecular complexity index is 463. The van der Waals surface area contributed by atoms with Crippen LogP contribution >= 0.6 is 0 Å². The Balaban J connectivity index is 4.13. The molecule has 0 spiro atoms. The first-order valence-electron chi connectivity index (χ1n) is 15.5. The van der Waals surface area contributed by atoms with Crippen LogP contribution in [0.2, 0.25) is 0 Å². The highest BCUT2D eigenvalue weighted by atomic mass is 16.7. The second-order valence-corrected chi connectivity index (χ2v) is 10.5. The summed E-state index contributed by atoms with van der Waals surface area (Å²) in [5.41, 5.74) is 0. The summed E-state index contributed by atoms with van der Waals surface area (Å²) in [6.07, 6.45) is 25.4. The van der Waals surface area contributed by atoms with Crippen molar-refractivity contribution in [1.82, 2.24) is 0 Å². The third-order valence-electron chi connectivity index (χ3n) is 6.85. The lowest BCUT2D eigenvalue weighted by Gasteiger charge is -2.16. The van der Waals surface area contributed by atoms with Crippen molar-refractivity contribution < 1.29 is 24.4 Å². The maximum Gasteiger partial charge on any atom is 0.149 e. The van der Waals surface area contributed by atoms with Gasteiger partial charge in [-0.05, 0) is 76.0 Å². The number of aliphatic hydroxyl groups is 2. The zero-order valence-corrected chi connectivity index (χ0v) is 24.9. The quantitative estimate of drug-likeness (QED) is 0.0609. The number of aliphatic hydroxyl groups excluding tert-OH is 2. The summed E-state index contributed by atoms with van der Waals surface area (Å²) in [4.78, 5) is 0. The van der Waals surface area contributed by atoms with Crippen molar-refractivity contribution in [3.63, 3.8) is 0 Å². The molecule has 4 unspecified atom stereocenters. The fourth-order valence-corrected chi connectivity index (χ4v) is 4.40. The molecule has 0 amide bonds. The minimum Gasteiger partial charge on any atom is -0.393 e. The SMILES string of the molecule is CCCCC=CC(CCOCOCOCCC(C=CCCCC)CCC(O)CCC)CCC(O)CCC. The van der Waals surface area contributed by atoms with Crippen molar-refractivity contribution in [2.45, 2.75) is 143 Å². The molecule has 0 fully saturated rings. The minimum absolute atomic E-state index is 0.189. The second-order valence-electron chi connectivity index (χ2n) is 10.5. The van der Waals surface area contributed by atoms with E-state index in [9.17, 15) is 10.2 Å². The molecule has 0 aromatic carbocycles. The Kier molecular flexibility index (Phi) is 27.7. The van der Waals surface area contributed by atoms with Gasteiger partial charge in [0.25, 0.3) is 0 Å². The average Bonchev–Trinajstić information content (AvgIpc) is 2.89. The van der Waals surface area contributed by atoms with E-state index in [0.717, 1.165) is 77.0 Å². The van der Waals surface area contributed by atoms with Crippen LogP contribution in [0.1, 0.15) is 130 Å². The van der Waals surface area contributed by atoms with E-state index in [1.54, 1.807) is 0 Å². The standard InChI is InChI=1S/C32H62O5/c1-5-9-11-13-17-29(19-21-31(33)15-7-3)23-25-35-27-37-28-36-26-24-30(18-14-12-10-6-2)20-22-32(34)16-8-4/h13-14,17-18,29-34H,5-12,15-16,19-28H2,1-4H3. The average molecular weight is 527 g/mol. The molecule has 0 aliphatic carbocycles. The van der Waals surface area contributed by atoms with Crippen molar-refractivity contribution in [2.24, 2.45) is 11.8 Å². The Labute approximate surface area is 230 Å². The zero-order valence-electron chi connectivity index (χ0n) is 24.9. The topological polar surface area (TPSA) is 68.2 Å². The fourth-order valence-electron chi connectivity index (χ4n) is 4.40. The number of ether oxygens (including phenoxy) is 3. The molecule has 220 valence electrons. The normalized spacial score (nSPS) is 15.5. The maximum atomic E-state index is 10.1. The van der Waals surface area contributed by atoms with Crippen LogP contribution in [-0.4, -0.2) is 49.2 Å². The van der Waals surface area contributed by atoms with E-state index in [0.29, 0.717) is 25.0 Å². The number of allylic oxidation sites excluding steroid dienone is 4. The minimum atomic E-state index is -0.189. The predicted octanol–water partition coefficient (Wildman–Crippen LogP) is 8.34. The van der Waals surface area contributed by atoms with Crippen LogP contribution in [0.25, 0.3) is 0 Å². The van der Waals surface area contributed by atoms with Crippen LogP contribution in [0, 0.1) is 11.8 Å². The van der Waals surface area contributed by atoms with Crippen LogP contribution in [0.15, 0.2) is 24.3 Å². The first kappa shape index (κ1) is 36.3. The Morgan fingerprint density at radius 3 is 1.32 bits per heavy atom.